The summed E-state index contributed by atoms with van der Waals surface area (Å²) < 4.78 is 0. The summed E-state index contributed by atoms with van der Waals surface area (Å²) >= 11 is 6.31. The summed E-state index contributed by atoms with van der Waals surface area (Å²) in [5.41, 5.74) is 6.62. The van der Waals surface area contributed by atoms with Crippen LogP contribution in [0.15, 0.2) is 12.3 Å². The zero-order chi connectivity index (χ0) is 11.5. The van der Waals surface area contributed by atoms with Gasteiger partial charge in [-0.1, -0.05) is 18.5 Å². The zero-order valence-electron chi connectivity index (χ0n) is 9.62. The molecule has 88 valence electrons. The van der Waals surface area contributed by atoms with E-state index in [4.69, 9.17) is 17.3 Å². The van der Waals surface area contributed by atoms with Crippen molar-refractivity contribution in [3.05, 3.63) is 22.8 Å². The fourth-order valence-corrected chi connectivity index (χ4v) is 2.54. The molecule has 1 aromatic heterocycles. The highest BCUT2D eigenvalue weighted by Crippen LogP contribution is 2.29. The number of piperidine rings is 1. The minimum atomic E-state index is 0.470. The van der Waals surface area contributed by atoms with Gasteiger partial charge in [-0.2, -0.15) is 0 Å². The number of halogens is 1. The Morgan fingerprint density at radius 1 is 1.62 bits per heavy atom. The van der Waals surface area contributed by atoms with Crippen LogP contribution in [0.5, 0.6) is 0 Å². The third kappa shape index (κ3) is 2.30. The molecule has 0 aliphatic carbocycles. The third-order valence-corrected chi connectivity index (χ3v) is 3.54. The van der Waals surface area contributed by atoms with Crippen LogP contribution in [-0.4, -0.2) is 18.1 Å². The van der Waals surface area contributed by atoms with Gasteiger partial charge in [-0.15, -0.1) is 0 Å². The second-order valence-corrected chi connectivity index (χ2v) is 4.88. The molecule has 0 spiro atoms. The molecular formula is C12H18ClN3. The first kappa shape index (κ1) is 11.7. The van der Waals surface area contributed by atoms with E-state index < -0.39 is 0 Å². The SMILES string of the molecule is CC1CCCN(c2nccc(CN)c2Cl)C1. The van der Waals surface area contributed by atoms with Gasteiger partial charge < -0.3 is 10.6 Å². The van der Waals surface area contributed by atoms with E-state index in [1.165, 1.54) is 12.8 Å². The van der Waals surface area contributed by atoms with Crippen molar-refractivity contribution in [2.45, 2.75) is 26.3 Å². The van der Waals surface area contributed by atoms with Crippen molar-refractivity contribution >= 4 is 17.4 Å². The van der Waals surface area contributed by atoms with E-state index in [0.717, 1.165) is 29.5 Å². The maximum atomic E-state index is 6.31. The van der Waals surface area contributed by atoms with Crippen LogP contribution in [0, 0.1) is 5.92 Å². The summed E-state index contributed by atoms with van der Waals surface area (Å²) in [5.74, 6) is 1.62. The first-order valence-corrected chi connectivity index (χ1v) is 6.18. The Morgan fingerprint density at radius 3 is 3.12 bits per heavy atom. The number of rotatable bonds is 2. The molecule has 0 aromatic carbocycles. The molecule has 1 aliphatic heterocycles. The van der Waals surface area contributed by atoms with Crippen molar-refractivity contribution in [2.75, 3.05) is 18.0 Å². The molecule has 2 heterocycles. The van der Waals surface area contributed by atoms with E-state index in [2.05, 4.69) is 16.8 Å². The van der Waals surface area contributed by atoms with Gasteiger partial charge in [0, 0.05) is 25.8 Å². The molecule has 3 nitrogen and oxygen atoms in total. The van der Waals surface area contributed by atoms with Crippen LogP contribution < -0.4 is 10.6 Å². The summed E-state index contributed by atoms with van der Waals surface area (Å²) in [6.45, 7) is 4.83. The smallest absolute Gasteiger partial charge is 0.147 e. The number of pyridine rings is 1. The van der Waals surface area contributed by atoms with Gasteiger partial charge in [-0.25, -0.2) is 4.98 Å². The summed E-state index contributed by atoms with van der Waals surface area (Å²) in [6, 6.07) is 1.89. The van der Waals surface area contributed by atoms with Crippen molar-refractivity contribution in [1.29, 1.82) is 0 Å². The van der Waals surface area contributed by atoms with Crippen LogP contribution >= 0.6 is 11.6 Å². The molecule has 1 atom stereocenters. The standard InChI is InChI=1S/C12H18ClN3/c1-9-3-2-6-16(8-9)12-11(13)10(7-14)4-5-15-12/h4-5,9H,2-3,6-8,14H2,1H3. The predicted molar refractivity (Wildman–Crippen MR) is 67.7 cm³/mol. The Morgan fingerprint density at radius 2 is 2.44 bits per heavy atom. The second-order valence-electron chi connectivity index (χ2n) is 4.51. The van der Waals surface area contributed by atoms with Crippen molar-refractivity contribution in [1.82, 2.24) is 4.98 Å². The number of anilines is 1. The van der Waals surface area contributed by atoms with Gasteiger partial charge in [0.05, 0.1) is 5.02 Å². The topological polar surface area (TPSA) is 42.2 Å². The van der Waals surface area contributed by atoms with Gasteiger partial charge in [0.2, 0.25) is 0 Å². The van der Waals surface area contributed by atoms with Crippen LogP contribution in [-0.2, 0) is 6.54 Å². The maximum absolute atomic E-state index is 6.31. The van der Waals surface area contributed by atoms with Crippen LogP contribution in [0.3, 0.4) is 0 Å². The van der Waals surface area contributed by atoms with Crippen molar-refractivity contribution < 1.29 is 0 Å². The van der Waals surface area contributed by atoms with Gasteiger partial charge in [0.15, 0.2) is 0 Å². The molecular weight excluding hydrogens is 222 g/mol. The lowest BCUT2D eigenvalue weighted by molar-refractivity contribution is 0.444. The first-order valence-electron chi connectivity index (χ1n) is 5.80. The van der Waals surface area contributed by atoms with E-state index in [1.807, 2.05) is 6.07 Å². The van der Waals surface area contributed by atoms with Gasteiger partial charge in [0.1, 0.15) is 5.82 Å². The highest BCUT2D eigenvalue weighted by Gasteiger charge is 2.20. The van der Waals surface area contributed by atoms with E-state index in [0.29, 0.717) is 12.5 Å². The highest BCUT2D eigenvalue weighted by atomic mass is 35.5. The average molecular weight is 240 g/mol. The minimum Gasteiger partial charge on any atom is -0.355 e. The van der Waals surface area contributed by atoms with Crippen molar-refractivity contribution in [2.24, 2.45) is 11.7 Å². The predicted octanol–water partition coefficient (Wildman–Crippen LogP) is 2.43. The molecule has 2 rings (SSSR count). The molecule has 2 N–H and O–H groups in total. The molecule has 0 amide bonds. The normalized spacial score (nSPS) is 21.2. The third-order valence-electron chi connectivity index (χ3n) is 3.13. The molecule has 1 unspecified atom stereocenters. The molecule has 1 aliphatic rings. The first-order chi connectivity index (χ1) is 7.72. The maximum Gasteiger partial charge on any atom is 0.147 e. The number of aromatic nitrogens is 1. The second kappa shape index (κ2) is 5.02. The van der Waals surface area contributed by atoms with Gasteiger partial charge in [-0.3, -0.25) is 0 Å². The Balaban J connectivity index is 2.25. The monoisotopic (exact) mass is 239 g/mol. The highest BCUT2D eigenvalue weighted by molar-refractivity contribution is 6.33. The zero-order valence-corrected chi connectivity index (χ0v) is 10.4. The molecule has 4 heteroatoms. The lowest BCUT2D eigenvalue weighted by Gasteiger charge is -2.32. The Hall–Kier alpha value is -0.800. The van der Waals surface area contributed by atoms with E-state index >= 15 is 0 Å². The van der Waals surface area contributed by atoms with Gasteiger partial charge in [-0.05, 0) is 30.4 Å². The molecule has 0 radical (unpaired) electrons. The minimum absolute atomic E-state index is 0.470. The molecule has 1 fully saturated rings. The lowest BCUT2D eigenvalue weighted by Crippen LogP contribution is -2.35. The van der Waals surface area contributed by atoms with Crippen LogP contribution in [0.1, 0.15) is 25.3 Å². The van der Waals surface area contributed by atoms with Crippen molar-refractivity contribution in [3.8, 4) is 0 Å². The molecule has 1 saturated heterocycles. The van der Waals surface area contributed by atoms with Crippen LogP contribution in [0.25, 0.3) is 0 Å². The quantitative estimate of drug-likeness (QED) is 0.862. The molecule has 0 saturated carbocycles. The summed E-state index contributed by atoms with van der Waals surface area (Å²) in [7, 11) is 0. The Bertz CT molecular complexity index is 367. The largest absolute Gasteiger partial charge is 0.355 e. The van der Waals surface area contributed by atoms with Gasteiger partial charge >= 0.3 is 0 Å². The Labute approximate surface area is 102 Å². The number of nitrogens with zero attached hydrogens (tertiary/aromatic N) is 2. The fourth-order valence-electron chi connectivity index (χ4n) is 2.23. The van der Waals surface area contributed by atoms with E-state index in [9.17, 15) is 0 Å². The van der Waals surface area contributed by atoms with E-state index in [1.54, 1.807) is 6.20 Å². The molecule has 0 bridgehead atoms. The lowest BCUT2D eigenvalue weighted by atomic mass is 10.0. The number of hydrogen-bond acceptors (Lipinski definition) is 3. The number of nitrogens with two attached hydrogens (primary N) is 1. The van der Waals surface area contributed by atoms with Crippen molar-refractivity contribution in [3.63, 3.8) is 0 Å². The molecule has 16 heavy (non-hydrogen) atoms. The summed E-state index contributed by atoms with van der Waals surface area (Å²) in [6.07, 6.45) is 4.30. The number of hydrogen-bond donors (Lipinski definition) is 1. The molecule has 1 aromatic rings. The fraction of sp³-hybridized carbons (Fsp3) is 0.583. The average Bonchev–Trinajstić information content (AvgIpc) is 2.29. The van der Waals surface area contributed by atoms with Crippen LogP contribution in [0.2, 0.25) is 5.02 Å². The van der Waals surface area contributed by atoms with Crippen LogP contribution in [0.4, 0.5) is 5.82 Å². The summed E-state index contributed by atoms with van der Waals surface area (Å²) in [4.78, 5) is 6.66. The van der Waals surface area contributed by atoms with E-state index in [-0.39, 0.29) is 0 Å². The van der Waals surface area contributed by atoms with Gasteiger partial charge in [0.25, 0.3) is 0 Å². The summed E-state index contributed by atoms with van der Waals surface area (Å²) in [5, 5.41) is 0.721. The Kier molecular flexibility index (Phi) is 3.66.